The van der Waals surface area contributed by atoms with Gasteiger partial charge in [0.05, 0.1) is 32.4 Å². The lowest BCUT2D eigenvalue weighted by atomic mass is 10.1. The van der Waals surface area contributed by atoms with Crippen LogP contribution in [0.5, 0.6) is 11.5 Å². The van der Waals surface area contributed by atoms with E-state index in [1.165, 1.54) is 4.90 Å². The molecule has 0 saturated carbocycles. The zero-order valence-corrected chi connectivity index (χ0v) is 17.4. The maximum atomic E-state index is 12.6. The van der Waals surface area contributed by atoms with Gasteiger partial charge in [0, 0.05) is 3.57 Å². The minimum absolute atomic E-state index is 0.176. The van der Waals surface area contributed by atoms with Crippen LogP contribution in [0, 0.1) is 3.57 Å². The molecule has 0 unspecified atom stereocenters. The number of anilines is 1. The lowest BCUT2D eigenvalue weighted by Gasteiger charge is -2.16. The van der Waals surface area contributed by atoms with Gasteiger partial charge in [0.1, 0.15) is 0 Å². The van der Waals surface area contributed by atoms with Crippen molar-refractivity contribution in [1.82, 2.24) is 5.32 Å². The minimum Gasteiger partial charge on any atom is -0.493 e. The number of nitrogens with one attached hydrogen (secondary N) is 1. The molecule has 1 saturated heterocycles. The molecule has 7 heteroatoms. The van der Waals surface area contributed by atoms with Crippen molar-refractivity contribution in [3.05, 3.63) is 51.6 Å². The second-order valence-electron chi connectivity index (χ2n) is 6.19. The summed E-state index contributed by atoms with van der Waals surface area (Å²) < 4.78 is 11.6. The molecule has 6 nitrogen and oxygen atoms in total. The van der Waals surface area contributed by atoms with Gasteiger partial charge in [0.25, 0.3) is 5.91 Å². The van der Waals surface area contributed by atoms with Gasteiger partial charge in [-0.1, -0.05) is 6.07 Å². The lowest BCUT2D eigenvalue weighted by Crippen LogP contribution is -2.39. The van der Waals surface area contributed by atoms with Crippen molar-refractivity contribution in [3.8, 4) is 11.5 Å². The molecule has 27 heavy (non-hydrogen) atoms. The number of carbonyl (C=O) groups excluding carboxylic acids is 2. The minimum atomic E-state index is -0.489. The Bertz CT molecular complexity index is 838. The molecule has 1 N–H and O–H groups in total. The Labute approximate surface area is 172 Å². The summed E-state index contributed by atoms with van der Waals surface area (Å²) in [6.45, 7) is 0.583. The summed E-state index contributed by atoms with van der Waals surface area (Å²) in [5.74, 6) is 0.976. The molecule has 3 rings (SSSR count). The van der Waals surface area contributed by atoms with Crippen LogP contribution in [0.2, 0.25) is 0 Å². The van der Waals surface area contributed by atoms with E-state index >= 15 is 0 Å². The van der Waals surface area contributed by atoms with Crippen LogP contribution in [-0.4, -0.2) is 38.6 Å². The standard InChI is InChI=1S/C20H21IN2O4/c1-26-17-8-3-13(11-18(17)27-2)9-10-22-16-12-19(24)23(20(16)25)15-6-4-14(21)5-7-15/h3-8,11,16,22H,9-10,12H2,1-2H3/t16-/m1/s1. The fourth-order valence-corrected chi connectivity index (χ4v) is 3.44. The van der Waals surface area contributed by atoms with Gasteiger partial charge in [-0.05, 0) is 77.5 Å². The summed E-state index contributed by atoms with van der Waals surface area (Å²) in [5, 5.41) is 3.20. The van der Waals surface area contributed by atoms with Crippen LogP contribution in [0.15, 0.2) is 42.5 Å². The molecular formula is C20H21IN2O4. The first-order valence-corrected chi connectivity index (χ1v) is 9.68. The van der Waals surface area contributed by atoms with Crippen LogP contribution in [0.25, 0.3) is 0 Å². The number of amides is 2. The van der Waals surface area contributed by atoms with Gasteiger partial charge in [-0.2, -0.15) is 0 Å². The molecule has 1 fully saturated rings. The molecule has 1 aliphatic heterocycles. The van der Waals surface area contributed by atoms with E-state index in [1.54, 1.807) is 26.4 Å². The average Bonchev–Trinajstić information content (AvgIpc) is 2.96. The number of hydrogen-bond acceptors (Lipinski definition) is 5. The number of rotatable bonds is 7. The normalized spacial score (nSPS) is 16.7. The van der Waals surface area contributed by atoms with Gasteiger partial charge in [-0.15, -0.1) is 0 Å². The third-order valence-electron chi connectivity index (χ3n) is 4.48. The monoisotopic (exact) mass is 480 g/mol. The van der Waals surface area contributed by atoms with Crippen molar-refractivity contribution >= 4 is 40.1 Å². The van der Waals surface area contributed by atoms with Crippen LogP contribution in [-0.2, 0) is 16.0 Å². The summed E-state index contributed by atoms with van der Waals surface area (Å²) in [7, 11) is 3.20. The summed E-state index contributed by atoms with van der Waals surface area (Å²) in [6.07, 6.45) is 0.888. The first kappa shape index (κ1) is 19.6. The number of benzene rings is 2. The highest BCUT2D eigenvalue weighted by Gasteiger charge is 2.39. The number of imide groups is 1. The molecule has 0 spiro atoms. The molecule has 1 atom stereocenters. The van der Waals surface area contributed by atoms with Crippen molar-refractivity contribution in [1.29, 1.82) is 0 Å². The Morgan fingerprint density at radius 1 is 1.07 bits per heavy atom. The van der Waals surface area contributed by atoms with Crippen LogP contribution in [0.1, 0.15) is 12.0 Å². The highest BCUT2D eigenvalue weighted by Crippen LogP contribution is 2.28. The summed E-state index contributed by atoms with van der Waals surface area (Å²) in [5.41, 5.74) is 1.68. The fourth-order valence-electron chi connectivity index (χ4n) is 3.08. The van der Waals surface area contributed by atoms with Gasteiger partial charge in [-0.3, -0.25) is 9.59 Å². The highest BCUT2D eigenvalue weighted by molar-refractivity contribution is 14.1. The van der Waals surface area contributed by atoms with E-state index in [1.807, 2.05) is 30.3 Å². The predicted octanol–water partition coefficient (Wildman–Crippen LogP) is 2.77. The van der Waals surface area contributed by atoms with Crippen molar-refractivity contribution in [2.45, 2.75) is 18.9 Å². The average molecular weight is 480 g/mol. The molecule has 142 valence electrons. The molecular weight excluding hydrogens is 459 g/mol. The number of methoxy groups -OCH3 is 2. The van der Waals surface area contributed by atoms with Crippen molar-refractivity contribution < 1.29 is 19.1 Å². The van der Waals surface area contributed by atoms with E-state index in [-0.39, 0.29) is 18.2 Å². The van der Waals surface area contributed by atoms with Crippen LogP contribution in [0.3, 0.4) is 0 Å². The second kappa shape index (κ2) is 8.71. The van der Waals surface area contributed by atoms with Crippen LogP contribution >= 0.6 is 22.6 Å². The predicted molar refractivity (Wildman–Crippen MR) is 111 cm³/mol. The highest BCUT2D eigenvalue weighted by atomic mass is 127. The van der Waals surface area contributed by atoms with Gasteiger partial charge in [-0.25, -0.2) is 4.90 Å². The third-order valence-corrected chi connectivity index (χ3v) is 5.20. The molecule has 0 aliphatic carbocycles. The molecule has 2 aromatic rings. The third kappa shape index (κ3) is 4.41. The van der Waals surface area contributed by atoms with E-state index in [9.17, 15) is 9.59 Å². The molecule has 0 radical (unpaired) electrons. The Kier molecular flexibility index (Phi) is 6.33. The quantitative estimate of drug-likeness (QED) is 0.488. The van der Waals surface area contributed by atoms with E-state index in [0.717, 1.165) is 9.13 Å². The van der Waals surface area contributed by atoms with Gasteiger partial charge in [0.2, 0.25) is 5.91 Å². The topological polar surface area (TPSA) is 67.9 Å². The Morgan fingerprint density at radius 3 is 2.44 bits per heavy atom. The van der Waals surface area contributed by atoms with Crippen molar-refractivity contribution in [2.24, 2.45) is 0 Å². The largest absolute Gasteiger partial charge is 0.493 e. The molecule has 1 aliphatic rings. The molecule has 0 aromatic heterocycles. The maximum Gasteiger partial charge on any atom is 0.251 e. The summed E-state index contributed by atoms with van der Waals surface area (Å²) in [4.78, 5) is 26.2. The number of ether oxygens (including phenoxy) is 2. The van der Waals surface area contributed by atoms with Crippen LogP contribution in [0.4, 0.5) is 5.69 Å². The smallest absolute Gasteiger partial charge is 0.251 e. The van der Waals surface area contributed by atoms with Gasteiger partial charge >= 0.3 is 0 Å². The zero-order chi connectivity index (χ0) is 19.4. The van der Waals surface area contributed by atoms with Gasteiger partial charge in [0.15, 0.2) is 11.5 Å². The summed E-state index contributed by atoms with van der Waals surface area (Å²) in [6, 6.07) is 12.6. The van der Waals surface area contributed by atoms with E-state index in [0.29, 0.717) is 30.2 Å². The number of hydrogen-bond donors (Lipinski definition) is 1. The van der Waals surface area contributed by atoms with E-state index in [2.05, 4.69) is 27.9 Å². The lowest BCUT2D eigenvalue weighted by molar-refractivity contribution is -0.121. The van der Waals surface area contributed by atoms with Crippen molar-refractivity contribution in [3.63, 3.8) is 0 Å². The number of nitrogens with zero attached hydrogens (tertiary/aromatic N) is 1. The van der Waals surface area contributed by atoms with E-state index in [4.69, 9.17) is 9.47 Å². The van der Waals surface area contributed by atoms with Gasteiger partial charge < -0.3 is 14.8 Å². The SMILES string of the molecule is COc1ccc(CCN[C@@H]2CC(=O)N(c3ccc(I)cc3)C2=O)cc1OC. The molecule has 0 bridgehead atoms. The van der Waals surface area contributed by atoms with Crippen molar-refractivity contribution in [2.75, 3.05) is 25.7 Å². The molecule has 2 aromatic carbocycles. The number of halogens is 1. The second-order valence-corrected chi connectivity index (χ2v) is 7.44. The zero-order valence-electron chi connectivity index (χ0n) is 15.2. The Hall–Kier alpha value is -2.13. The van der Waals surface area contributed by atoms with Crippen LogP contribution < -0.4 is 19.7 Å². The fraction of sp³-hybridized carbons (Fsp3) is 0.300. The van der Waals surface area contributed by atoms with E-state index < -0.39 is 6.04 Å². The first-order chi connectivity index (χ1) is 13.0. The maximum absolute atomic E-state index is 12.6. The Morgan fingerprint density at radius 2 is 1.78 bits per heavy atom. The summed E-state index contributed by atoms with van der Waals surface area (Å²) >= 11 is 2.19. The Balaban J connectivity index is 1.60. The first-order valence-electron chi connectivity index (χ1n) is 8.60. The number of carbonyl (C=O) groups is 2. The molecule has 1 heterocycles. The molecule has 2 amide bonds.